The van der Waals surface area contributed by atoms with E-state index >= 15 is 0 Å². The number of ketones is 1. The molecule has 57 heavy (non-hydrogen) atoms. The number of piperazine rings is 1. The van der Waals surface area contributed by atoms with Crippen LogP contribution < -0.4 is 15.0 Å². The Morgan fingerprint density at radius 3 is 2.28 bits per heavy atom. The van der Waals surface area contributed by atoms with Crippen molar-refractivity contribution in [2.24, 2.45) is 11.3 Å². The quantitative estimate of drug-likeness (QED) is 0.0834. The number of fused-ring (bicyclic) bond motifs is 2. The predicted octanol–water partition coefficient (Wildman–Crippen LogP) is 7.42. The number of nitrogens with one attached hydrogen (secondary N) is 1. The van der Waals surface area contributed by atoms with E-state index in [0.717, 1.165) is 67.8 Å². The molecule has 2 spiro atoms. The summed E-state index contributed by atoms with van der Waals surface area (Å²) in [6.07, 6.45) is 11.6. The second-order valence-corrected chi connectivity index (χ2v) is 19.2. The lowest BCUT2D eigenvalue weighted by Gasteiger charge is -2.62. The average Bonchev–Trinajstić information content (AvgIpc) is 3.63. The molecule has 4 heterocycles. The number of carbonyl (C=O) groups excluding carboxylic acids is 3. The summed E-state index contributed by atoms with van der Waals surface area (Å²) >= 11 is 0. The highest BCUT2D eigenvalue weighted by Crippen LogP contribution is 2.58. The molecule has 3 unspecified atom stereocenters. The highest BCUT2D eigenvalue weighted by molar-refractivity contribution is 7.91. The van der Waals surface area contributed by atoms with Crippen molar-refractivity contribution in [2.45, 2.75) is 107 Å². The zero-order valence-corrected chi connectivity index (χ0v) is 34.3. The number of anilines is 1. The molecule has 0 aromatic heterocycles. The fourth-order valence-electron chi connectivity index (χ4n) is 9.89. The van der Waals surface area contributed by atoms with Gasteiger partial charge in [0.1, 0.15) is 16.8 Å². The Morgan fingerprint density at radius 2 is 1.58 bits per heavy atom. The number of unbranched alkanes of at least 4 members (excludes halogenated alkanes) is 8. The van der Waals surface area contributed by atoms with Crippen molar-refractivity contribution >= 4 is 55.2 Å². The van der Waals surface area contributed by atoms with Crippen molar-refractivity contribution in [3.05, 3.63) is 76.4 Å². The number of benzene rings is 3. The minimum absolute atomic E-state index is 0.0708. The Bertz CT molecular complexity index is 2250. The third-order valence-corrected chi connectivity index (χ3v) is 14.8. The van der Waals surface area contributed by atoms with Crippen LogP contribution in [0.4, 0.5) is 11.4 Å². The summed E-state index contributed by atoms with van der Waals surface area (Å²) < 4.78 is 32.4. The van der Waals surface area contributed by atoms with Crippen molar-refractivity contribution in [1.82, 2.24) is 10.2 Å². The van der Waals surface area contributed by atoms with Crippen molar-refractivity contribution in [1.29, 1.82) is 0 Å². The summed E-state index contributed by atoms with van der Waals surface area (Å²) in [5.41, 5.74) is -2.52. The lowest BCUT2D eigenvalue weighted by Crippen LogP contribution is -2.83. The van der Waals surface area contributed by atoms with Crippen LogP contribution in [0.2, 0.25) is 0 Å². The van der Waals surface area contributed by atoms with Crippen LogP contribution in [0, 0.1) is 21.4 Å². The molecule has 5 aliphatic rings. The summed E-state index contributed by atoms with van der Waals surface area (Å²) in [5.74, 6) is -0.733. The maximum Gasteiger partial charge on any atom is 0.281 e. The van der Waals surface area contributed by atoms with Gasteiger partial charge < -0.3 is 19.9 Å². The highest BCUT2D eigenvalue weighted by Gasteiger charge is 2.72. The van der Waals surface area contributed by atoms with Gasteiger partial charge in [0.2, 0.25) is 5.91 Å². The fourth-order valence-corrected chi connectivity index (χ4v) is 11.5. The first-order chi connectivity index (χ1) is 27.1. The second kappa shape index (κ2) is 15.5. The number of nitro benzene ring substituents is 1. The number of hydrogen-bond donors (Lipinski definition) is 1. The molecule has 4 aliphatic heterocycles. The topological polar surface area (TPSA) is 156 Å². The number of nitrogens with zero attached hydrogens (tertiary/aromatic N) is 3. The average molecular weight is 799 g/mol. The van der Waals surface area contributed by atoms with E-state index in [1.165, 1.54) is 18.2 Å². The number of ether oxygens (including phenoxy) is 1. The van der Waals surface area contributed by atoms with E-state index in [9.17, 15) is 32.9 Å². The van der Waals surface area contributed by atoms with Crippen LogP contribution in [0.15, 0.2) is 65.6 Å². The maximum absolute atomic E-state index is 14.1. The third kappa shape index (κ3) is 7.10. The summed E-state index contributed by atoms with van der Waals surface area (Å²) in [5, 5.41) is 17.1. The molecule has 12 nitrogen and oxygen atoms in total. The van der Waals surface area contributed by atoms with Crippen molar-refractivity contribution in [2.75, 3.05) is 37.9 Å². The van der Waals surface area contributed by atoms with Crippen molar-refractivity contribution in [3.8, 4) is 5.75 Å². The second-order valence-electron chi connectivity index (χ2n) is 17.1. The Kier molecular flexibility index (Phi) is 11.0. The molecule has 4 saturated heterocycles. The Hall–Kier alpha value is -4.78. The monoisotopic (exact) mass is 798 g/mol. The predicted molar refractivity (Wildman–Crippen MR) is 220 cm³/mol. The molecule has 304 valence electrons. The van der Waals surface area contributed by atoms with E-state index in [-0.39, 0.29) is 40.2 Å². The van der Waals surface area contributed by atoms with Crippen molar-refractivity contribution < 1.29 is 32.5 Å². The van der Waals surface area contributed by atoms with Crippen LogP contribution in [0.3, 0.4) is 0 Å². The van der Waals surface area contributed by atoms with E-state index in [2.05, 4.69) is 5.32 Å². The van der Waals surface area contributed by atoms with E-state index in [0.29, 0.717) is 49.5 Å². The van der Waals surface area contributed by atoms with Gasteiger partial charge >= 0.3 is 0 Å². The number of carbonyl (C=O) groups is 3. The molecule has 4 fully saturated rings. The van der Waals surface area contributed by atoms with Crippen LogP contribution >= 0.6 is 0 Å². The zero-order valence-electron chi connectivity index (χ0n) is 33.5. The van der Waals surface area contributed by atoms with Gasteiger partial charge in [-0.05, 0) is 62.4 Å². The van der Waals surface area contributed by atoms with Gasteiger partial charge in [-0.2, -0.15) is 0 Å². The Balaban J connectivity index is 0.863. The molecule has 2 bridgehead atoms. The van der Waals surface area contributed by atoms with Gasteiger partial charge in [-0.15, -0.1) is 0 Å². The van der Waals surface area contributed by atoms with Crippen LogP contribution in [-0.2, 0) is 24.2 Å². The van der Waals surface area contributed by atoms with Crippen LogP contribution in [0.25, 0.3) is 16.3 Å². The van der Waals surface area contributed by atoms with Gasteiger partial charge in [0.05, 0.1) is 33.8 Å². The van der Waals surface area contributed by atoms with Crippen LogP contribution in [0.5, 0.6) is 5.75 Å². The first-order valence-corrected chi connectivity index (χ1v) is 22.0. The minimum atomic E-state index is -3.40. The number of amides is 2. The number of nitro groups is 1. The molecule has 2 amide bonds. The maximum atomic E-state index is 14.1. The van der Waals surface area contributed by atoms with Gasteiger partial charge in [0, 0.05) is 54.0 Å². The molecule has 3 aromatic rings. The number of Topliss-reactive ketones (excluding diaryl/α,β-unsaturated/α-hetero) is 1. The van der Waals surface area contributed by atoms with Gasteiger partial charge in [-0.1, -0.05) is 83.1 Å². The first-order valence-electron chi connectivity index (χ1n) is 20.4. The molecular formula is C44H54N4O8S. The van der Waals surface area contributed by atoms with Gasteiger partial charge in [-0.3, -0.25) is 24.5 Å². The SMILES string of the molecule is CN(C)c1cccc2c(S(=O)(=O)CCCCCCCCCCCOc3ccc(C4=CC56NC(=O)C7(CCCN7C5=O)CC6C(C)(C)C4=O)c([N+](=O)[O-])c3)cccc12. The number of rotatable bonds is 17. The normalized spacial score (nSPS) is 23.6. The van der Waals surface area contributed by atoms with E-state index in [1.807, 2.05) is 49.3 Å². The molecule has 8 rings (SSSR count). The third-order valence-electron chi connectivity index (χ3n) is 13.0. The molecule has 13 heteroatoms. The van der Waals surface area contributed by atoms with Gasteiger partial charge in [0.25, 0.3) is 11.6 Å². The molecule has 1 aliphatic carbocycles. The zero-order chi connectivity index (χ0) is 40.8. The Morgan fingerprint density at radius 1 is 0.912 bits per heavy atom. The van der Waals surface area contributed by atoms with Gasteiger partial charge in [-0.25, -0.2) is 8.42 Å². The number of hydrogen-bond acceptors (Lipinski definition) is 9. The van der Waals surface area contributed by atoms with E-state index in [1.54, 1.807) is 30.9 Å². The van der Waals surface area contributed by atoms with Crippen molar-refractivity contribution in [3.63, 3.8) is 0 Å². The van der Waals surface area contributed by atoms with Crippen LogP contribution in [0.1, 0.15) is 96.5 Å². The summed E-state index contributed by atoms with van der Waals surface area (Å²) in [6.45, 7) is 4.42. The molecule has 0 saturated carbocycles. The number of allylic oxidation sites excluding steroid dienone is 1. The lowest BCUT2D eigenvalue weighted by atomic mass is 9.51. The van der Waals surface area contributed by atoms with Crippen LogP contribution in [-0.4, -0.2) is 79.9 Å². The van der Waals surface area contributed by atoms with Gasteiger partial charge in [0.15, 0.2) is 15.6 Å². The van der Waals surface area contributed by atoms with E-state index in [4.69, 9.17) is 4.74 Å². The summed E-state index contributed by atoms with van der Waals surface area (Å²) in [4.78, 5) is 57.4. The first kappa shape index (κ1) is 40.4. The largest absolute Gasteiger partial charge is 0.493 e. The summed E-state index contributed by atoms with van der Waals surface area (Å²) in [6, 6.07) is 15.8. The highest BCUT2D eigenvalue weighted by atomic mass is 32.2. The smallest absolute Gasteiger partial charge is 0.281 e. The molecular weight excluding hydrogens is 745 g/mol. The standard InChI is InChI=1S/C44H54N4O8S/c1-42(2)38-29-43-23-16-24-47(43)41(51)44(38,45-40(43)50)28-34(39(42)49)32-22-21-30(27-36(32)48(52)53)56-25-12-10-8-6-5-7-9-11-13-26-57(54,55)37-20-15-17-31-33(37)18-14-19-35(31)46(3)4/h14-15,17-22,27-28,38H,5-13,16,23-26,29H2,1-4H3,(H,45,50). The lowest BCUT2D eigenvalue weighted by molar-refractivity contribution is -0.385. The summed E-state index contributed by atoms with van der Waals surface area (Å²) in [7, 11) is 0.512. The van der Waals surface area contributed by atoms with E-state index < -0.39 is 37.2 Å². The molecule has 3 aromatic carbocycles. The minimum Gasteiger partial charge on any atom is -0.493 e. The number of sulfone groups is 1. The molecule has 0 radical (unpaired) electrons. The Labute approximate surface area is 335 Å². The number of piperidine rings is 2. The molecule has 3 atom stereocenters. The fraction of sp³-hybridized carbons (Fsp3) is 0.523. The molecule has 1 N–H and O–H groups in total.